The molecule has 0 saturated carbocycles. The lowest BCUT2D eigenvalue weighted by Gasteiger charge is -2.33. The summed E-state index contributed by atoms with van der Waals surface area (Å²) >= 11 is 6.06. The minimum atomic E-state index is -0.925. The predicted molar refractivity (Wildman–Crippen MR) is 92.1 cm³/mol. The average Bonchev–Trinajstić information content (AvgIpc) is 2.96. The summed E-state index contributed by atoms with van der Waals surface area (Å²) in [7, 11) is 0. The number of likely N-dealkylation sites (tertiary alicyclic amines) is 1. The Hall–Kier alpha value is -1.79. The molecule has 0 aliphatic carbocycles. The van der Waals surface area contributed by atoms with E-state index in [1.165, 1.54) is 0 Å². The first-order valence-corrected chi connectivity index (χ1v) is 8.78. The van der Waals surface area contributed by atoms with E-state index >= 15 is 0 Å². The van der Waals surface area contributed by atoms with Crippen LogP contribution in [0.2, 0.25) is 5.02 Å². The number of amides is 1. The van der Waals surface area contributed by atoms with Crippen LogP contribution < -0.4 is 4.74 Å². The second-order valence-electron chi connectivity index (χ2n) is 6.98. The number of carboxylic acids is 1. The number of halogens is 1. The maximum atomic E-state index is 13.1. The summed E-state index contributed by atoms with van der Waals surface area (Å²) in [5.74, 6) is -0.856. The highest BCUT2D eigenvalue weighted by atomic mass is 35.5. The standard InChI is InChI=1S/C18H22ClNO5/c1-11(2)25-15-4-3-13(19)7-14(15)16(21)20-8-12-9-24-6-5-18(12,10-20)17(22)23/h3-4,7,11-12H,5-6,8-10H2,1-2H3,(H,22,23)/t12-,18+/m0/s1. The molecule has 25 heavy (non-hydrogen) atoms. The molecule has 2 aliphatic rings. The van der Waals surface area contributed by atoms with E-state index in [-0.39, 0.29) is 24.5 Å². The van der Waals surface area contributed by atoms with Crippen LogP contribution in [-0.2, 0) is 9.53 Å². The number of hydrogen-bond acceptors (Lipinski definition) is 4. The van der Waals surface area contributed by atoms with E-state index in [0.717, 1.165) is 0 Å². The minimum absolute atomic E-state index is 0.0901. The van der Waals surface area contributed by atoms with Gasteiger partial charge >= 0.3 is 5.97 Å². The maximum Gasteiger partial charge on any atom is 0.311 e. The molecule has 0 aromatic heterocycles. The van der Waals surface area contributed by atoms with Crippen molar-refractivity contribution in [3.05, 3.63) is 28.8 Å². The van der Waals surface area contributed by atoms with E-state index in [1.807, 2.05) is 13.8 Å². The Morgan fingerprint density at radius 3 is 2.84 bits per heavy atom. The number of carbonyl (C=O) groups is 2. The van der Waals surface area contributed by atoms with Crippen molar-refractivity contribution in [3.8, 4) is 5.75 Å². The topological polar surface area (TPSA) is 76.1 Å². The van der Waals surface area contributed by atoms with Crippen LogP contribution in [0.25, 0.3) is 0 Å². The van der Waals surface area contributed by atoms with Crippen molar-refractivity contribution in [1.29, 1.82) is 0 Å². The molecule has 0 spiro atoms. The summed E-state index contributed by atoms with van der Waals surface area (Å²) < 4.78 is 11.2. The van der Waals surface area contributed by atoms with E-state index in [9.17, 15) is 14.7 Å². The number of aliphatic carboxylic acids is 1. The molecule has 1 N–H and O–H groups in total. The lowest BCUT2D eigenvalue weighted by atomic mass is 9.74. The largest absolute Gasteiger partial charge is 0.490 e. The van der Waals surface area contributed by atoms with Crippen LogP contribution in [0.5, 0.6) is 5.75 Å². The number of nitrogens with zero attached hydrogens (tertiary/aromatic N) is 1. The number of hydrogen-bond donors (Lipinski definition) is 1. The molecule has 7 heteroatoms. The van der Waals surface area contributed by atoms with Crippen molar-refractivity contribution in [2.75, 3.05) is 26.3 Å². The van der Waals surface area contributed by atoms with Crippen LogP contribution in [0.3, 0.4) is 0 Å². The SMILES string of the molecule is CC(C)Oc1ccc(Cl)cc1C(=O)N1C[C@H]2COCC[C@@]2(C(=O)O)C1. The Morgan fingerprint density at radius 1 is 1.44 bits per heavy atom. The van der Waals surface area contributed by atoms with Crippen LogP contribution in [0.15, 0.2) is 18.2 Å². The van der Waals surface area contributed by atoms with Gasteiger partial charge in [0.2, 0.25) is 0 Å². The monoisotopic (exact) mass is 367 g/mol. The molecule has 3 rings (SSSR count). The van der Waals surface area contributed by atoms with Crippen molar-refractivity contribution in [2.45, 2.75) is 26.4 Å². The predicted octanol–water partition coefficient (Wildman–Crippen LogP) is 2.69. The number of ether oxygens (including phenoxy) is 2. The quantitative estimate of drug-likeness (QED) is 0.885. The highest BCUT2D eigenvalue weighted by Crippen LogP contribution is 2.43. The Balaban J connectivity index is 1.89. The van der Waals surface area contributed by atoms with Gasteiger partial charge in [0, 0.05) is 30.6 Å². The van der Waals surface area contributed by atoms with E-state index < -0.39 is 11.4 Å². The molecular weight excluding hydrogens is 346 g/mol. The first kappa shape index (κ1) is 18.0. The van der Waals surface area contributed by atoms with E-state index in [0.29, 0.717) is 42.5 Å². The van der Waals surface area contributed by atoms with Gasteiger partial charge in [-0.2, -0.15) is 0 Å². The van der Waals surface area contributed by atoms with Gasteiger partial charge in [-0.1, -0.05) is 11.6 Å². The molecule has 0 radical (unpaired) electrons. The lowest BCUT2D eigenvalue weighted by molar-refractivity contribution is -0.157. The molecule has 2 heterocycles. The third-order valence-electron chi connectivity index (χ3n) is 4.95. The Labute approximate surface area is 151 Å². The molecule has 136 valence electrons. The van der Waals surface area contributed by atoms with E-state index in [2.05, 4.69) is 0 Å². The van der Waals surface area contributed by atoms with Crippen LogP contribution >= 0.6 is 11.6 Å². The van der Waals surface area contributed by atoms with Gasteiger partial charge in [-0.3, -0.25) is 9.59 Å². The smallest absolute Gasteiger partial charge is 0.311 e. The normalized spacial score (nSPS) is 25.8. The molecule has 2 atom stereocenters. The first-order chi connectivity index (χ1) is 11.8. The zero-order valence-electron chi connectivity index (χ0n) is 14.3. The van der Waals surface area contributed by atoms with Gasteiger partial charge in [0.25, 0.3) is 5.91 Å². The molecule has 2 fully saturated rings. The molecule has 2 saturated heterocycles. The van der Waals surface area contributed by atoms with Gasteiger partial charge in [-0.15, -0.1) is 0 Å². The van der Waals surface area contributed by atoms with Gasteiger partial charge in [0.1, 0.15) is 5.75 Å². The molecule has 1 amide bonds. The fourth-order valence-corrected chi connectivity index (χ4v) is 3.82. The van der Waals surface area contributed by atoms with Crippen LogP contribution in [0.4, 0.5) is 0 Å². The number of carbonyl (C=O) groups excluding carboxylic acids is 1. The lowest BCUT2D eigenvalue weighted by Crippen LogP contribution is -2.45. The molecule has 0 bridgehead atoms. The highest BCUT2D eigenvalue weighted by Gasteiger charge is 2.55. The summed E-state index contributed by atoms with van der Waals surface area (Å²) in [5, 5.41) is 10.2. The summed E-state index contributed by atoms with van der Waals surface area (Å²) in [5.41, 5.74) is -0.563. The summed E-state index contributed by atoms with van der Waals surface area (Å²) in [6.45, 7) is 5.07. The number of fused-ring (bicyclic) bond motifs is 1. The molecule has 0 unspecified atom stereocenters. The van der Waals surface area contributed by atoms with E-state index in [1.54, 1.807) is 23.1 Å². The van der Waals surface area contributed by atoms with Gasteiger partial charge < -0.3 is 19.5 Å². The van der Waals surface area contributed by atoms with E-state index in [4.69, 9.17) is 21.1 Å². The zero-order valence-corrected chi connectivity index (χ0v) is 15.1. The Bertz CT molecular complexity index is 692. The third-order valence-corrected chi connectivity index (χ3v) is 5.19. The van der Waals surface area contributed by atoms with Crippen molar-refractivity contribution in [1.82, 2.24) is 4.90 Å². The van der Waals surface area contributed by atoms with Crippen LogP contribution in [0, 0.1) is 11.3 Å². The number of carboxylic acid groups (broad SMARTS) is 1. The number of benzene rings is 1. The molecule has 1 aromatic rings. The minimum Gasteiger partial charge on any atom is -0.490 e. The second-order valence-corrected chi connectivity index (χ2v) is 7.41. The van der Waals surface area contributed by atoms with Gasteiger partial charge in [-0.25, -0.2) is 0 Å². The zero-order chi connectivity index (χ0) is 18.2. The Kier molecular flexibility index (Phi) is 4.93. The summed E-state index contributed by atoms with van der Waals surface area (Å²) in [6, 6.07) is 4.93. The maximum absolute atomic E-state index is 13.1. The Morgan fingerprint density at radius 2 is 2.20 bits per heavy atom. The summed E-state index contributed by atoms with van der Waals surface area (Å²) in [6.07, 6.45) is 0.328. The molecular formula is C18H22ClNO5. The summed E-state index contributed by atoms with van der Waals surface area (Å²) in [4.78, 5) is 26.5. The van der Waals surface area contributed by atoms with Crippen LogP contribution in [-0.4, -0.2) is 54.3 Å². The fraction of sp³-hybridized carbons (Fsp3) is 0.556. The molecule has 1 aromatic carbocycles. The highest BCUT2D eigenvalue weighted by molar-refractivity contribution is 6.31. The van der Waals surface area contributed by atoms with Crippen molar-refractivity contribution in [3.63, 3.8) is 0 Å². The first-order valence-electron chi connectivity index (χ1n) is 8.40. The second kappa shape index (κ2) is 6.84. The third kappa shape index (κ3) is 3.33. The van der Waals surface area contributed by atoms with Gasteiger partial charge in [0.15, 0.2) is 0 Å². The van der Waals surface area contributed by atoms with Crippen molar-refractivity contribution in [2.24, 2.45) is 11.3 Å². The van der Waals surface area contributed by atoms with Gasteiger partial charge in [-0.05, 0) is 38.5 Å². The molecule has 2 aliphatic heterocycles. The average molecular weight is 368 g/mol. The number of rotatable bonds is 4. The van der Waals surface area contributed by atoms with Gasteiger partial charge in [0.05, 0.1) is 23.7 Å². The van der Waals surface area contributed by atoms with Crippen LogP contribution in [0.1, 0.15) is 30.6 Å². The molecule has 6 nitrogen and oxygen atoms in total. The fourth-order valence-electron chi connectivity index (χ4n) is 3.65. The van der Waals surface area contributed by atoms with Crippen molar-refractivity contribution < 1.29 is 24.2 Å². The van der Waals surface area contributed by atoms with Crippen molar-refractivity contribution >= 4 is 23.5 Å².